The molecule has 0 aliphatic heterocycles. The van der Waals surface area contributed by atoms with Crippen LogP contribution in [0.25, 0.3) is 10.9 Å². The highest BCUT2D eigenvalue weighted by molar-refractivity contribution is 7.99. The molecular formula is C24H20N4O5S. The second-order valence-electron chi connectivity index (χ2n) is 7.16. The summed E-state index contributed by atoms with van der Waals surface area (Å²) in [5, 5.41) is 12.6. The molecule has 10 heteroatoms. The SMILES string of the molecule is COc1ccc(N=Cc2ccc(Sc3nc4ccccc4c(=O)n3C)c([N+](=O)[O-])c2)c(OC)c1. The number of para-hydroxylation sites is 1. The van der Waals surface area contributed by atoms with Gasteiger partial charge in [0.15, 0.2) is 5.16 Å². The average molecular weight is 477 g/mol. The van der Waals surface area contributed by atoms with Crippen molar-refractivity contribution >= 4 is 40.3 Å². The molecule has 1 heterocycles. The number of hydrogen-bond acceptors (Lipinski definition) is 8. The maximum atomic E-state index is 12.7. The van der Waals surface area contributed by atoms with Crippen molar-refractivity contribution in [2.24, 2.45) is 12.0 Å². The second kappa shape index (κ2) is 9.75. The summed E-state index contributed by atoms with van der Waals surface area (Å²) in [5.41, 5.74) is 1.30. The van der Waals surface area contributed by atoms with Gasteiger partial charge < -0.3 is 9.47 Å². The van der Waals surface area contributed by atoms with Gasteiger partial charge in [0.05, 0.1) is 34.9 Å². The first kappa shape index (κ1) is 23.0. The Morgan fingerprint density at radius 3 is 2.62 bits per heavy atom. The Kier molecular flexibility index (Phi) is 6.60. The molecule has 0 N–H and O–H groups in total. The fraction of sp³-hybridized carbons (Fsp3) is 0.125. The zero-order valence-electron chi connectivity index (χ0n) is 18.6. The smallest absolute Gasteiger partial charge is 0.283 e. The molecule has 4 aromatic rings. The van der Waals surface area contributed by atoms with E-state index >= 15 is 0 Å². The first-order valence-corrected chi connectivity index (χ1v) is 10.9. The van der Waals surface area contributed by atoms with Crippen LogP contribution >= 0.6 is 11.8 Å². The maximum absolute atomic E-state index is 12.7. The zero-order valence-corrected chi connectivity index (χ0v) is 19.4. The number of nitro benzene ring substituents is 1. The first-order valence-electron chi connectivity index (χ1n) is 10.1. The first-order chi connectivity index (χ1) is 16.4. The summed E-state index contributed by atoms with van der Waals surface area (Å²) >= 11 is 1.06. The Bertz CT molecular complexity index is 1480. The summed E-state index contributed by atoms with van der Waals surface area (Å²) in [6.07, 6.45) is 1.52. The van der Waals surface area contributed by atoms with E-state index in [0.29, 0.717) is 43.7 Å². The van der Waals surface area contributed by atoms with Crippen molar-refractivity contribution in [3.05, 3.63) is 86.7 Å². The predicted molar refractivity (Wildman–Crippen MR) is 131 cm³/mol. The minimum Gasteiger partial charge on any atom is -0.497 e. The third kappa shape index (κ3) is 4.62. The van der Waals surface area contributed by atoms with Crippen LogP contribution in [0.2, 0.25) is 0 Å². The highest BCUT2D eigenvalue weighted by Gasteiger charge is 2.18. The summed E-state index contributed by atoms with van der Waals surface area (Å²) in [7, 11) is 4.68. The number of aliphatic imine (C=N–C) groups is 1. The molecule has 3 aromatic carbocycles. The van der Waals surface area contributed by atoms with Crippen molar-refractivity contribution in [2.75, 3.05) is 14.2 Å². The largest absolute Gasteiger partial charge is 0.497 e. The molecule has 0 aliphatic carbocycles. The maximum Gasteiger partial charge on any atom is 0.283 e. The lowest BCUT2D eigenvalue weighted by Crippen LogP contribution is -2.19. The number of aromatic nitrogens is 2. The van der Waals surface area contributed by atoms with Crippen molar-refractivity contribution in [3.63, 3.8) is 0 Å². The second-order valence-corrected chi connectivity index (χ2v) is 8.17. The fourth-order valence-corrected chi connectivity index (χ4v) is 4.20. The minimum atomic E-state index is -0.465. The quantitative estimate of drug-likeness (QED) is 0.164. The lowest BCUT2D eigenvalue weighted by Gasteiger charge is -2.09. The van der Waals surface area contributed by atoms with Gasteiger partial charge in [-0.3, -0.25) is 24.5 Å². The summed E-state index contributed by atoms with van der Waals surface area (Å²) in [6, 6.07) is 17.0. The van der Waals surface area contributed by atoms with Crippen LogP contribution in [0.3, 0.4) is 0 Å². The summed E-state index contributed by atoms with van der Waals surface area (Å²) in [4.78, 5) is 33.3. The van der Waals surface area contributed by atoms with Gasteiger partial charge in [0.2, 0.25) is 0 Å². The number of methoxy groups -OCH3 is 2. The van der Waals surface area contributed by atoms with Crippen LogP contribution in [-0.2, 0) is 7.05 Å². The van der Waals surface area contributed by atoms with E-state index in [-0.39, 0.29) is 11.2 Å². The van der Waals surface area contributed by atoms with E-state index in [1.165, 1.54) is 24.0 Å². The molecule has 0 spiro atoms. The van der Waals surface area contributed by atoms with E-state index in [2.05, 4.69) is 9.98 Å². The fourth-order valence-electron chi connectivity index (χ4n) is 3.27. The molecule has 0 atom stereocenters. The van der Waals surface area contributed by atoms with E-state index < -0.39 is 4.92 Å². The van der Waals surface area contributed by atoms with Gasteiger partial charge in [-0.1, -0.05) is 18.2 Å². The molecule has 0 radical (unpaired) electrons. The van der Waals surface area contributed by atoms with Crippen LogP contribution in [0.4, 0.5) is 11.4 Å². The Morgan fingerprint density at radius 1 is 1.09 bits per heavy atom. The number of fused-ring (bicyclic) bond motifs is 1. The number of nitrogens with zero attached hydrogens (tertiary/aromatic N) is 4. The monoisotopic (exact) mass is 476 g/mol. The Morgan fingerprint density at radius 2 is 1.88 bits per heavy atom. The molecule has 0 bridgehead atoms. The topological polar surface area (TPSA) is 109 Å². The van der Waals surface area contributed by atoms with Crippen molar-refractivity contribution in [2.45, 2.75) is 10.1 Å². The van der Waals surface area contributed by atoms with E-state index in [0.717, 1.165) is 11.8 Å². The molecule has 0 amide bonds. The summed E-state index contributed by atoms with van der Waals surface area (Å²) in [5.74, 6) is 1.14. The normalized spacial score (nSPS) is 11.1. The molecule has 4 rings (SSSR count). The molecule has 172 valence electrons. The predicted octanol–water partition coefficient (Wildman–Crippen LogP) is 4.76. The van der Waals surface area contributed by atoms with Gasteiger partial charge in [0.1, 0.15) is 17.2 Å². The number of rotatable bonds is 7. The van der Waals surface area contributed by atoms with Crippen LogP contribution < -0.4 is 15.0 Å². The molecule has 34 heavy (non-hydrogen) atoms. The molecule has 9 nitrogen and oxygen atoms in total. The Hall–Kier alpha value is -4.18. The lowest BCUT2D eigenvalue weighted by atomic mass is 10.2. The lowest BCUT2D eigenvalue weighted by molar-refractivity contribution is -0.387. The molecular weight excluding hydrogens is 456 g/mol. The molecule has 0 fully saturated rings. The highest BCUT2D eigenvalue weighted by atomic mass is 32.2. The highest BCUT2D eigenvalue weighted by Crippen LogP contribution is 2.35. The Balaban J connectivity index is 1.68. The minimum absolute atomic E-state index is 0.113. The number of benzene rings is 3. The van der Waals surface area contributed by atoms with Crippen LogP contribution in [0.1, 0.15) is 5.56 Å². The molecule has 0 unspecified atom stereocenters. The van der Waals surface area contributed by atoms with Gasteiger partial charge in [0.25, 0.3) is 11.2 Å². The third-order valence-electron chi connectivity index (χ3n) is 5.06. The number of nitro groups is 1. The van der Waals surface area contributed by atoms with Gasteiger partial charge in [-0.05, 0) is 47.7 Å². The van der Waals surface area contributed by atoms with Crippen molar-refractivity contribution in [1.29, 1.82) is 0 Å². The molecule has 0 saturated carbocycles. The summed E-state index contributed by atoms with van der Waals surface area (Å²) in [6.45, 7) is 0. The van der Waals surface area contributed by atoms with E-state index in [1.54, 1.807) is 68.8 Å². The van der Waals surface area contributed by atoms with Gasteiger partial charge in [0, 0.05) is 25.4 Å². The van der Waals surface area contributed by atoms with Gasteiger partial charge in [-0.15, -0.1) is 0 Å². The van der Waals surface area contributed by atoms with Crippen molar-refractivity contribution < 1.29 is 14.4 Å². The number of ether oxygens (including phenoxy) is 2. The number of hydrogen-bond donors (Lipinski definition) is 0. The standard InChI is InChI=1S/C24H20N4O5S/c1-27-23(29)17-6-4-5-7-18(17)26-24(27)34-22-11-8-15(12-20(22)28(30)31)14-25-19-10-9-16(32-2)13-21(19)33-3/h4-14H,1-3H3. The van der Waals surface area contributed by atoms with Gasteiger partial charge in [-0.2, -0.15) is 0 Å². The van der Waals surface area contributed by atoms with E-state index in [1.807, 2.05) is 0 Å². The van der Waals surface area contributed by atoms with Crippen LogP contribution in [0.15, 0.2) is 80.5 Å². The third-order valence-corrected chi connectivity index (χ3v) is 6.18. The van der Waals surface area contributed by atoms with Crippen LogP contribution in [-0.4, -0.2) is 34.9 Å². The molecule has 1 aromatic heterocycles. The molecule has 0 saturated heterocycles. The van der Waals surface area contributed by atoms with Gasteiger partial charge >= 0.3 is 0 Å². The average Bonchev–Trinajstić information content (AvgIpc) is 2.86. The van der Waals surface area contributed by atoms with Crippen LogP contribution in [0.5, 0.6) is 11.5 Å². The Labute approximate surface area is 198 Å². The van der Waals surface area contributed by atoms with E-state index in [9.17, 15) is 14.9 Å². The van der Waals surface area contributed by atoms with Gasteiger partial charge in [-0.25, -0.2) is 4.98 Å². The van der Waals surface area contributed by atoms with Crippen molar-refractivity contribution in [1.82, 2.24) is 9.55 Å². The summed E-state index contributed by atoms with van der Waals surface area (Å²) < 4.78 is 11.9. The molecule has 0 aliphatic rings. The van der Waals surface area contributed by atoms with Crippen LogP contribution in [0, 0.1) is 10.1 Å². The zero-order chi connectivity index (χ0) is 24.2. The van der Waals surface area contributed by atoms with E-state index in [4.69, 9.17) is 9.47 Å². The van der Waals surface area contributed by atoms with Crippen molar-refractivity contribution in [3.8, 4) is 11.5 Å².